The van der Waals surface area contributed by atoms with Crippen molar-refractivity contribution in [2.24, 2.45) is 0 Å². The van der Waals surface area contributed by atoms with Crippen molar-refractivity contribution in [1.29, 1.82) is 0 Å². The van der Waals surface area contributed by atoms with Crippen LogP contribution in [0.15, 0.2) is 6.20 Å². The van der Waals surface area contributed by atoms with E-state index in [9.17, 15) is 0 Å². The first kappa shape index (κ1) is 14.1. The molecule has 0 saturated heterocycles. The van der Waals surface area contributed by atoms with Crippen LogP contribution >= 0.6 is 0 Å². The van der Waals surface area contributed by atoms with Gasteiger partial charge in [0.15, 0.2) is 0 Å². The lowest BCUT2D eigenvalue weighted by atomic mass is 10.1. The maximum atomic E-state index is 5.37. The van der Waals surface area contributed by atoms with Gasteiger partial charge < -0.3 is 10.1 Å². The molecule has 0 bridgehead atoms. The first-order valence-corrected chi connectivity index (χ1v) is 6.22. The van der Waals surface area contributed by atoms with Gasteiger partial charge in [-0.15, -0.1) is 5.10 Å². The number of hydrogen-bond acceptors (Lipinski definition) is 4. The second-order valence-electron chi connectivity index (χ2n) is 4.86. The van der Waals surface area contributed by atoms with Crippen molar-refractivity contribution in [2.45, 2.75) is 52.3 Å². The van der Waals surface area contributed by atoms with E-state index < -0.39 is 0 Å². The molecule has 0 unspecified atom stereocenters. The molecule has 1 aromatic rings. The van der Waals surface area contributed by atoms with Crippen molar-refractivity contribution in [3.05, 3.63) is 11.9 Å². The molecule has 0 aliphatic heterocycles. The first-order valence-electron chi connectivity index (χ1n) is 6.22. The van der Waals surface area contributed by atoms with Crippen molar-refractivity contribution in [2.75, 3.05) is 13.7 Å². The summed E-state index contributed by atoms with van der Waals surface area (Å²) < 4.78 is 7.25. The smallest absolute Gasteiger partial charge is 0.0964 e. The van der Waals surface area contributed by atoms with E-state index >= 15 is 0 Å². The van der Waals surface area contributed by atoms with Gasteiger partial charge in [-0.3, -0.25) is 4.68 Å². The van der Waals surface area contributed by atoms with Gasteiger partial charge in [0.2, 0.25) is 0 Å². The molecular formula is C12H24N4O. The van der Waals surface area contributed by atoms with E-state index in [1.165, 1.54) is 0 Å². The topological polar surface area (TPSA) is 52.0 Å². The largest absolute Gasteiger partial charge is 0.379 e. The number of nitrogens with zero attached hydrogens (tertiary/aromatic N) is 3. The average molecular weight is 240 g/mol. The molecule has 1 aromatic heterocycles. The van der Waals surface area contributed by atoms with Crippen molar-refractivity contribution in [1.82, 2.24) is 20.3 Å². The van der Waals surface area contributed by atoms with Crippen LogP contribution in [0.1, 0.15) is 39.3 Å². The summed E-state index contributed by atoms with van der Waals surface area (Å²) in [6.45, 7) is 8.95. The molecule has 5 heteroatoms. The number of aryl methyl sites for hydroxylation is 1. The highest BCUT2D eigenvalue weighted by molar-refractivity contribution is 4.91. The standard InChI is InChI=1S/C12H24N4O/c1-5-7-13-9-11-10-16(15-14-11)8-6-12(2,3)17-4/h10,13H,5-9H2,1-4H3. The lowest BCUT2D eigenvalue weighted by Gasteiger charge is -2.22. The third kappa shape index (κ3) is 5.28. The Morgan fingerprint density at radius 3 is 2.88 bits per heavy atom. The maximum absolute atomic E-state index is 5.37. The SMILES string of the molecule is CCCNCc1cn(CCC(C)(C)OC)nn1. The van der Waals surface area contributed by atoms with Crippen LogP contribution in [-0.2, 0) is 17.8 Å². The minimum atomic E-state index is -0.105. The molecule has 0 aliphatic carbocycles. The molecule has 1 N–H and O–H groups in total. The van der Waals surface area contributed by atoms with E-state index in [1.54, 1.807) is 7.11 Å². The van der Waals surface area contributed by atoms with Crippen LogP contribution in [0.5, 0.6) is 0 Å². The Balaban J connectivity index is 2.35. The summed E-state index contributed by atoms with van der Waals surface area (Å²) in [6.07, 6.45) is 4.05. The Hall–Kier alpha value is -0.940. The summed E-state index contributed by atoms with van der Waals surface area (Å²) in [5.41, 5.74) is 0.890. The van der Waals surface area contributed by atoms with Crippen molar-refractivity contribution in [3.63, 3.8) is 0 Å². The van der Waals surface area contributed by atoms with Gasteiger partial charge in [0, 0.05) is 26.4 Å². The van der Waals surface area contributed by atoms with Crippen molar-refractivity contribution >= 4 is 0 Å². The van der Waals surface area contributed by atoms with Gasteiger partial charge in [-0.2, -0.15) is 0 Å². The van der Waals surface area contributed by atoms with Crippen LogP contribution < -0.4 is 5.32 Å². The van der Waals surface area contributed by atoms with E-state index in [2.05, 4.69) is 36.4 Å². The second-order valence-corrected chi connectivity index (χ2v) is 4.86. The summed E-state index contributed by atoms with van der Waals surface area (Å²) >= 11 is 0. The summed E-state index contributed by atoms with van der Waals surface area (Å²) in [4.78, 5) is 0. The fraction of sp³-hybridized carbons (Fsp3) is 0.833. The summed E-state index contributed by atoms with van der Waals surface area (Å²) in [7, 11) is 1.74. The third-order valence-electron chi connectivity index (χ3n) is 2.81. The zero-order valence-corrected chi connectivity index (χ0v) is 11.4. The Kier molecular flexibility index (Phi) is 5.58. The van der Waals surface area contributed by atoms with Crippen LogP contribution in [-0.4, -0.2) is 34.2 Å². The lowest BCUT2D eigenvalue weighted by molar-refractivity contribution is 0.0112. The Bertz CT molecular complexity index is 322. The van der Waals surface area contributed by atoms with E-state index in [0.29, 0.717) is 0 Å². The molecule has 0 amide bonds. The molecule has 0 atom stereocenters. The van der Waals surface area contributed by atoms with Gasteiger partial charge in [0.1, 0.15) is 0 Å². The first-order chi connectivity index (χ1) is 8.07. The van der Waals surface area contributed by atoms with Gasteiger partial charge in [0.25, 0.3) is 0 Å². The molecule has 0 fully saturated rings. The van der Waals surface area contributed by atoms with Crippen molar-refractivity contribution < 1.29 is 4.74 Å². The van der Waals surface area contributed by atoms with E-state index in [0.717, 1.165) is 38.2 Å². The predicted molar refractivity (Wildman–Crippen MR) is 67.7 cm³/mol. The molecule has 0 spiro atoms. The monoisotopic (exact) mass is 240 g/mol. The normalized spacial score (nSPS) is 12.0. The fourth-order valence-corrected chi connectivity index (χ4v) is 1.41. The highest BCUT2D eigenvalue weighted by Crippen LogP contribution is 2.13. The number of ether oxygens (including phenoxy) is 1. The molecule has 1 heterocycles. The molecule has 98 valence electrons. The highest BCUT2D eigenvalue weighted by atomic mass is 16.5. The average Bonchev–Trinajstić information content (AvgIpc) is 2.75. The van der Waals surface area contributed by atoms with Gasteiger partial charge >= 0.3 is 0 Å². The Morgan fingerprint density at radius 2 is 2.24 bits per heavy atom. The van der Waals surface area contributed by atoms with Gasteiger partial charge in [-0.25, -0.2) is 0 Å². The molecule has 17 heavy (non-hydrogen) atoms. The van der Waals surface area contributed by atoms with Gasteiger partial charge in [-0.05, 0) is 33.2 Å². The Morgan fingerprint density at radius 1 is 1.47 bits per heavy atom. The summed E-state index contributed by atoms with van der Waals surface area (Å²) in [5, 5.41) is 11.5. The number of methoxy groups -OCH3 is 1. The summed E-state index contributed by atoms with van der Waals surface area (Å²) in [5.74, 6) is 0. The Labute approximate surface area is 104 Å². The molecule has 1 rings (SSSR count). The zero-order valence-electron chi connectivity index (χ0n) is 11.4. The van der Waals surface area contributed by atoms with Crippen LogP contribution in [0.4, 0.5) is 0 Å². The highest BCUT2D eigenvalue weighted by Gasteiger charge is 2.16. The number of aromatic nitrogens is 3. The number of rotatable bonds is 8. The van der Waals surface area contributed by atoms with E-state index in [1.807, 2.05) is 10.9 Å². The quantitative estimate of drug-likeness (QED) is 0.701. The van der Waals surface area contributed by atoms with Crippen LogP contribution in [0.25, 0.3) is 0 Å². The molecule has 0 aliphatic rings. The molecule has 0 aromatic carbocycles. The van der Waals surface area contributed by atoms with Crippen LogP contribution in [0.3, 0.4) is 0 Å². The molecular weight excluding hydrogens is 216 g/mol. The van der Waals surface area contributed by atoms with E-state index in [-0.39, 0.29) is 5.60 Å². The predicted octanol–water partition coefficient (Wildman–Crippen LogP) is 1.59. The van der Waals surface area contributed by atoms with Gasteiger partial charge in [0.05, 0.1) is 11.3 Å². The van der Waals surface area contributed by atoms with Crippen LogP contribution in [0.2, 0.25) is 0 Å². The number of hydrogen-bond donors (Lipinski definition) is 1. The third-order valence-corrected chi connectivity index (χ3v) is 2.81. The van der Waals surface area contributed by atoms with Gasteiger partial charge in [-0.1, -0.05) is 12.1 Å². The summed E-state index contributed by atoms with van der Waals surface area (Å²) in [6, 6.07) is 0. The van der Waals surface area contributed by atoms with Crippen LogP contribution in [0, 0.1) is 0 Å². The molecule has 0 radical (unpaired) electrons. The lowest BCUT2D eigenvalue weighted by Crippen LogP contribution is -2.24. The van der Waals surface area contributed by atoms with E-state index in [4.69, 9.17) is 4.74 Å². The minimum absolute atomic E-state index is 0.105. The molecule has 5 nitrogen and oxygen atoms in total. The second kappa shape index (κ2) is 6.71. The zero-order chi connectivity index (χ0) is 12.7. The fourth-order valence-electron chi connectivity index (χ4n) is 1.41. The molecule has 0 saturated carbocycles. The maximum Gasteiger partial charge on any atom is 0.0964 e. The number of nitrogens with one attached hydrogen (secondary N) is 1. The van der Waals surface area contributed by atoms with Crippen molar-refractivity contribution in [3.8, 4) is 0 Å². The minimum Gasteiger partial charge on any atom is -0.379 e.